The average molecular weight is 142 g/mol. The molecule has 1 aliphatic heterocycles. The first kappa shape index (κ1) is 6.62. The van der Waals surface area contributed by atoms with Gasteiger partial charge in [-0.2, -0.15) is 0 Å². The summed E-state index contributed by atoms with van der Waals surface area (Å²) in [7, 11) is 0. The Morgan fingerprint density at radius 2 is 2.40 bits per heavy atom. The SMILES string of the molecule is C[C@H]1C[C@H]2O[C@@]2(C)[C@@H]1CO. The number of aliphatic hydroxyl groups excluding tert-OH is 1. The van der Waals surface area contributed by atoms with E-state index in [0.29, 0.717) is 17.9 Å². The molecular formula is C8H14O2. The predicted molar refractivity (Wildman–Crippen MR) is 37.6 cm³/mol. The molecule has 10 heavy (non-hydrogen) atoms. The Labute approximate surface area is 61.2 Å². The van der Waals surface area contributed by atoms with Crippen LogP contribution in [0.1, 0.15) is 20.3 Å². The minimum Gasteiger partial charge on any atom is -0.396 e. The topological polar surface area (TPSA) is 32.8 Å². The van der Waals surface area contributed by atoms with Crippen LogP contribution in [0.25, 0.3) is 0 Å². The molecular weight excluding hydrogens is 128 g/mol. The van der Waals surface area contributed by atoms with Gasteiger partial charge in [-0.15, -0.1) is 0 Å². The molecule has 0 aromatic rings. The maximum atomic E-state index is 9.02. The van der Waals surface area contributed by atoms with E-state index in [1.807, 2.05) is 0 Å². The second kappa shape index (κ2) is 1.74. The van der Waals surface area contributed by atoms with Crippen molar-refractivity contribution in [2.45, 2.75) is 32.0 Å². The minimum atomic E-state index is 0.0498. The maximum Gasteiger partial charge on any atom is 0.0972 e. The highest BCUT2D eigenvalue weighted by atomic mass is 16.6. The molecule has 0 aromatic heterocycles. The number of fused-ring (bicyclic) bond motifs is 1. The Morgan fingerprint density at radius 3 is 2.70 bits per heavy atom. The van der Waals surface area contributed by atoms with Crippen molar-refractivity contribution in [3.05, 3.63) is 0 Å². The molecule has 2 heteroatoms. The van der Waals surface area contributed by atoms with E-state index in [1.54, 1.807) is 0 Å². The lowest BCUT2D eigenvalue weighted by atomic mass is 9.91. The van der Waals surface area contributed by atoms with Gasteiger partial charge in [-0.05, 0) is 19.3 Å². The summed E-state index contributed by atoms with van der Waals surface area (Å²) < 4.78 is 5.45. The highest BCUT2D eigenvalue weighted by Crippen LogP contribution is 2.55. The van der Waals surface area contributed by atoms with E-state index in [0.717, 1.165) is 6.42 Å². The molecule has 0 bridgehead atoms. The zero-order chi connectivity index (χ0) is 7.35. The van der Waals surface area contributed by atoms with Gasteiger partial charge >= 0.3 is 0 Å². The van der Waals surface area contributed by atoms with Crippen LogP contribution in [-0.4, -0.2) is 23.4 Å². The van der Waals surface area contributed by atoms with Crippen molar-refractivity contribution < 1.29 is 9.84 Å². The highest BCUT2D eigenvalue weighted by Gasteiger charge is 2.63. The van der Waals surface area contributed by atoms with Gasteiger partial charge in [0.2, 0.25) is 0 Å². The Kier molecular flexibility index (Phi) is 1.15. The third kappa shape index (κ3) is 0.611. The van der Waals surface area contributed by atoms with E-state index >= 15 is 0 Å². The molecule has 0 spiro atoms. The first-order valence-electron chi connectivity index (χ1n) is 3.97. The fourth-order valence-corrected chi connectivity index (χ4v) is 2.31. The second-order valence-electron chi connectivity index (χ2n) is 3.79. The third-order valence-corrected chi connectivity index (χ3v) is 3.18. The largest absolute Gasteiger partial charge is 0.396 e. The second-order valence-corrected chi connectivity index (χ2v) is 3.79. The monoisotopic (exact) mass is 142 g/mol. The van der Waals surface area contributed by atoms with Gasteiger partial charge in [0.1, 0.15) is 0 Å². The molecule has 0 unspecified atom stereocenters. The zero-order valence-corrected chi connectivity index (χ0v) is 6.50. The molecule has 58 valence electrons. The average Bonchev–Trinajstić information content (AvgIpc) is 2.38. The first-order chi connectivity index (χ1) is 4.68. The molecule has 1 N–H and O–H groups in total. The molecule has 1 saturated carbocycles. The molecule has 2 rings (SSSR count). The summed E-state index contributed by atoms with van der Waals surface area (Å²) in [5, 5.41) is 9.02. The Balaban J connectivity index is 2.14. The van der Waals surface area contributed by atoms with Crippen molar-refractivity contribution in [1.82, 2.24) is 0 Å². The quantitative estimate of drug-likeness (QED) is 0.549. The van der Waals surface area contributed by atoms with Crippen LogP contribution in [0.3, 0.4) is 0 Å². The molecule has 0 aromatic carbocycles. The Bertz CT molecular complexity index is 157. The van der Waals surface area contributed by atoms with E-state index in [9.17, 15) is 0 Å². The van der Waals surface area contributed by atoms with Crippen LogP contribution < -0.4 is 0 Å². The molecule has 2 fully saturated rings. The van der Waals surface area contributed by atoms with Crippen molar-refractivity contribution >= 4 is 0 Å². The summed E-state index contributed by atoms with van der Waals surface area (Å²) in [6.07, 6.45) is 1.60. The molecule has 1 heterocycles. The van der Waals surface area contributed by atoms with Gasteiger partial charge in [0.15, 0.2) is 0 Å². The van der Waals surface area contributed by atoms with Crippen molar-refractivity contribution in [1.29, 1.82) is 0 Å². The predicted octanol–water partition coefficient (Wildman–Crippen LogP) is 0.792. The van der Waals surface area contributed by atoms with Gasteiger partial charge in [-0.1, -0.05) is 6.92 Å². The van der Waals surface area contributed by atoms with E-state index in [2.05, 4.69) is 13.8 Å². The highest BCUT2D eigenvalue weighted by molar-refractivity contribution is 5.11. The lowest BCUT2D eigenvalue weighted by Gasteiger charge is -2.19. The number of ether oxygens (including phenoxy) is 1. The van der Waals surface area contributed by atoms with Crippen LogP contribution >= 0.6 is 0 Å². The van der Waals surface area contributed by atoms with Gasteiger partial charge in [0.25, 0.3) is 0 Å². The fourth-order valence-electron chi connectivity index (χ4n) is 2.31. The molecule has 0 radical (unpaired) electrons. The summed E-state index contributed by atoms with van der Waals surface area (Å²) in [5.41, 5.74) is 0.0498. The maximum absolute atomic E-state index is 9.02. The standard InChI is InChI=1S/C8H14O2/c1-5-3-7-8(2,10-7)6(5)4-9/h5-7,9H,3-4H2,1-2H3/t5-,6+,7+,8-/m0/s1. The van der Waals surface area contributed by atoms with Crippen LogP contribution in [0, 0.1) is 11.8 Å². The van der Waals surface area contributed by atoms with Gasteiger partial charge in [-0.3, -0.25) is 0 Å². The van der Waals surface area contributed by atoms with E-state index in [4.69, 9.17) is 9.84 Å². The molecule has 1 aliphatic carbocycles. The van der Waals surface area contributed by atoms with E-state index < -0.39 is 0 Å². The van der Waals surface area contributed by atoms with Gasteiger partial charge in [0, 0.05) is 12.5 Å². The molecule has 0 amide bonds. The normalized spacial score (nSPS) is 58.5. The van der Waals surface area contributed by atoms with E-state index in [-0.39, 0.29) is 12.2 Å². The van der Waals surface area contributed by atoms with Crippen molar-refractivity contribution in [2.75, 3.05) is 6.61 Å². The third-order valence-electron chi connectivity index (χ3n) is 3.18. The minimum absolute atomic E-state index is 0.0498. The summed E-state index contributed by atoms with van der Waals surface area (Å²) >= 11 is 0. The van der Waals surface area contributed by atoms with Gasteiger partial charge in [-0.25, -0.2) is 0 Å². The van der Waals surface area contributed by atoms with E-state index in [1.165, 1.54) is 0 Å². The Hall–Kier alpha value is -0.0800. The molecule has 2 nitrogen and oxygen atoms in total. The molecule has 4 atom stereocenters. The van der Waals surface area contributed by atoms with Crippen LogP contribution in [0.15, 0.2) is 0 Å². The number of epoxide rings is 1. The Morgan fingerprint density at radius 1 is 1.70 bits per heavy atom. The zero-order valence-electron chi connectivity index (χ0n) is 6.50. The smallest absolute Gasteiger partial charge is 0.0972 e. The number of rotatable bonds is 1. The van der Waals surface area contributed by atoms with Gasteiger partial charge < -0.3 is 9.84 Å². The number of hydrogen-bond donors (Lipinski definition) is 1. The van der Waals surface area contributed by atoms with Crippen LogP contribution in [-0.2, 0) is 4.74 Å². The summed E-state index contributed by atoms with van der Waals surface area (Å²) in [4.78, 5) is 0. The van der Waals surface area contributed by atoms with Crippen molar-refractivity contribution in [3.63, 3.8) is 0 Å². The van der Waals surface area contributed by atoms with Gasteiger partial charge in [0.05, 0.1) is 11.7 Å². The lowest BCUT2D eigenvalue weighted by Crippen LogP contribution is -2.25. The summed E-state index contributed by atoms with van der Waals surface area (Å²) in [6, 6.07) is 0. The number of hydrogen-bond acceptors (Lipinski definition) is 2. The lowest BCUT2D eigenvalue weighted by molar-refractivity contribution is 0.0958. The van der Waals surface area contributed by atoms with Crippen LogP contribution in [0.2, 0.25) is 0 Å². The summed E-state index contributed by atoms with van der Waals surface area (Å²) in [6.45, 7) is 4.60. The van der Waals surface area contributed by atoms with Crippen molar-refractivity contribution in [2.24, 2.45) is 11.8 Å². The van der Waals surface area contributed by atoms with Crippen molar-refractivity contribution in [3.8, 4) is 0 Å². The molecule has 2 aliphatic rings. The molecule has 1 saturated heterocycles. The fraction of sp³-hybridized carbons (Fsp3) is 1.00. The van der Waals surface area contributed by atoms with Crippen LogP contribution in [0.5, 0.6) is 0 Å². The number of aliphatic hydroxyl groups is 1. The summed E-state index contributed by atoms with van der Waals surface area (Å²) in [5.74, 6) is 1.03. The van der Waals surface area contributed by atoms with Crippen LogP contribution in [0.4, 0.5) is 0 Å². The first-order valence-corrected chi connectivity index (χ1v) is 3.97.